The van der Waals surface area contributed by atoms with Gasteiger partial charge in [-0.15, -0.1) is 0 Å². The summed E-state index contributed by atoms with van der Waals surface area (Å²) in [6.07, 6.45) is 5.09. The Morgan fingerprint density at radius 3 is 2.71 bits per heavy atom. The van der Waals surface area contributed by atoms with Gasteiger partial charge in [0.25, 0.3) is 0 Å². The van der Waals surface area contributed by atoms with Crippen molar-refractivity contribution in [2.24, 2.45) is 0 Å². The molecule has 0 spiro atoms. The van der Waals surface area contributed by atoms with Gasteiger partial charge in [0.05, 0.1) is 23.5 Å². The molecule has 3 rings (SSSR count). The molecule has 1 aromatic carbocycles. The summed E-state index contributed by atoms with van der Waals surface area (Å²) < 4.78 is 34.0. The SMILES string of the molecule is CC(=O)c1ccc(Cn2cc(NC(=O)/C=C/c3c(F)ccc(F)c3Cl)cn2)o1. The van der Waals surface area contributed by atoms with Crippen molar-refractivity contribution in [3.8, 4) is 0 Å². The van der Waals surface area contributed by atoms with Gasteiger partial charge in [-0.2, -0.15) is 5.10 Å². The van der Waals surface area contributed by atoms with Crippen LogP contribution in [0.25, 0.3) is 6.08 Å². The second kappa shape index (κ2) is 8.18. The van der Waals surface area contributed by atoms with Gasteiger partial charge in [-0.05, 0) is 30.3 Å². The van der Waals surface area contributed by atoms with E-state index < -0.39 is 22.6 Å². The average molecular weight is 406 g/mol. The highest BCUT2D eigenvalue weighted by Gasteiger charge is 2.11. The quantitative estimate of drug-likeness (QED) is 0.376. The van der Waals surface area contributed by atoms with Gasteiger partial charge < -0.3 is 9.73 Å². The molecule has 144 valence electrons. The number of anilines is 1. The van der Waals surface area contributed by atoms with Crippen molar-refractivity contribution in [2.75, 3.05) is 5.32 Å². The molecule has 3 aromatic rings. The van der Waals surface area contributed by atoms with Crippen LogP contribution in [-0.2, 0) is 11.3 Å². The lowest BCUT2D eigenvalue weighted by Gasteiger charge is -2.02. The Hall–Kier alpha value is -3.26. The topological polar surface area (TPSA) is 77.1 Å². The van der Waals surface area contributed by atoms with Crippen LogP contribution in [0.5, 0.6) is 0 Å². The van der Waals surface area contributed by atoms with Crippen LogP contribution < -0.4 is 5.32 Å². The molecule has 0 aliphatic heterocycles. The lowest BCUT2D eigenvalue weighted by Crippen LogP contribution is -2.07. The van der Waals surface area contributed by atoms with Gasteiger partial charge in [0, 0.05) is 24.8 Å². The van der Waals surface area contributed by atoms with Gasteiger partial charge >= 0.3 is 0 Å². The Morgan fingerprint density at radius 2 is 2.00 bits per heavy atom. The standard InChI is InChI=1S/C19H14ClF2N3O3/c1-11(26)17-6-2-13(28-17)10-25-9-12(8-23-25)24-18(27)7-3-14-15(21)4-5-16(22)19(14)20/h2-9H,10H2,1H3,(H,24,27)/b7-3+. The zero-order valence-corrected chi connectivity index (χ0v) is 15.3. The van der Waals surface area contributed by atoms with E-state index in [0.717, 1.165) is 24.3 Å². The number of ketones is 1. The molecule has 28 heavy (non-hydrogen) atoms. The molecule has 6 nitrogen and oxygen atoms in total. The second-order valence-corrected chi connectivity index (χ2v) is 6.21. The van der Waals surface area contributed by atoms with Crippen molar-refractivity contribution < 1.29 is 22.8 Å². The van der Waals surface area contributed by atoms with Crippen LogP contribution >= 0.6 is 11.6 Å². The Labute approximate surface area is 163 Å². The predicted molar refractivity (Wildman–Crippen MR) is 99.1 cm³/mol. The van der Waals surface area contributed by atoms with E-state index in [4.69, 9.17) is 16.0 Å². The number of nitrogens with zero attached hydrogens (tertiary/aromatic N) is 2. The molecule has 1 N–H and O–H groups in total. The number of furan rings is 1. The van der Waals surface area contributed by atoms with E-state index in [2.05, 4.69) is 10.4 Å². The summed E-state index contributed by atoms with van der Waals surface area (Å²) in [5.41, 5.74) is 0.172. The maximum Gasteiger partial charge on any atom is 0.248 e. The zero-order chi connectivity index (χ0) is 20.3. The number of amides is 1. The highest BCUT2D eigenvalue weighted by atomic mass is 35.5. The minimum atomic E-state index is -0.782. The van der Waals surface area contributed by atoms with Crippen molar-refractivity contribution >= 4 is 35.1 Å². The Bertz CT molecular complexity index is 1070. The van der Waals surface area contributed by atoms with Crippen LogP contribution in [0.2, 0.25) is 5.02 Å². The number of carbonyl (C=O) groups is 2. The Balaban J connectivity index is 1.64. The molecule has 0 saturated carbocycles. The van der Waals surface area contributed by atoms with Crippen LogP contribution in [0.4, 0.5) is 14.5 Å². The van der Waals surface area contributed by atoms with E-state index in [9.17, 15) is 18.4 Å². The normalized spacial score (nSPS) is 11.1. The van der Waals surface area contributed by atoms with Crippen molar-refractivity contribution in [2.45, 2.75) is 13.5 Å². The van der Waals surface area contributed by atoms with E-state index in [1.54, 1.807) is 18.3 Å². The molecule has 0 fully saturated rings. The fourth-order valence-corrected chi connectivity index (χ4v) is 2.58. The van der Waals surface area contributed by atoms with Crippen LogP contribution in [0, 0.1) is 11.6 Å². The minimum absolute atomic E-state index is 0.179. The summed E-state index contributed by atoms with van der Waals surface area (Å²) in [6.45, 7) is 1.67. The molecule has 2 heterocycles. The number of rotatable bonds is 6. The number of aromatic nitrogens is 2. The molecule has 0 unspecified atom stereocenters. The fourth-order valence-electron chi connectivity index (χ4n) is 2.36. The van der Waals surface area contributed by atoms with Crippen LogP contribution in [0.15, 0.2) is 47.2 Å². The van der Waals surface area contributed by atoms with Gasteiger partial charge in [0.1, 0.15) is 17.4 Å². The smallest absolute Gasteiger partial charge is 0.248 e. The molecule has 0 atom stereocenters. The number of halogens is 3. The number of hydrogen-bond acceptors (Lipinski definition) is 4. The summed E-state index contributed by atoms with van der Waals surface area (Å²) in [7, 11) is 0. The molecule has 0 saturated heterocycles. The number of carbonyl (C=O) groups excluding carboxylic acids is 2. The molecule has 0 bridgehead atoms. The van der Waals surface area contributed by atoms with Crippen LogP contribution in [0.1, 0.15) is 28.8 Å². The van der Waals surface area contributed by atoms with Gasteiger partial charge in [-0.25, -0.2) is 8.78 Å². The first-order valence-corrected chi connectivity index (χ1v) is 8.46. The molecule has 0 aliphatic carbocycles. The zero-order valence-electron chi connectivity index (χ0n) is 14.6. The van der Waals surface area contributed by atoms with E-state index in [1.807, 2.05) is 0 Å². The van der Waals surface area contributed by atoms with E-state index in [-0.39, 0.29) is 23.7 Å². The largest absolute Gasteiger partial charge is 0.456 e. The first-order valence-electron chi connectivity index (χ1n) is 8.08. The molecule has 2 aromatic heterocycles. The predicted octanol–water partition coefficient (Wildman–Crippen LogP) is 4.31. The first kappa shape index (κ1) is 19.5. The Morgan fingerprint density at radius 1 is 1.25 bits per heavy atom. The van der Waals surface area contributed by atoms with Crippen molar-refractivity contribution in [1.82, 2.24) is 9.78 Å². The van der Waals surface area contributed by atoms with Gasteiger partial charge in [-0.1, -0.05) is 11.6 Å². The second-order valence-electron chi connectivity index (χ2n) is 5.83. The van der Waals surface area contributed by atoms with E-state index in [1.165, 1.54) is 17.8 Å². The molecule has 1 amide bonds. The van der Waals surface area contributed by atoms with Crippen LogP contribution in [0.3, 0.4) is 0 Å². The van der Waals surface area contributed by atoms with E-state index in [0.29, 0.717) is 11.4 Å². The summed E-state index contributed by atoms with van der Waals surface area (Å²) >= 11 is 5.70. The van der Waals surface area contributed by atoms with Crippen molar-refractivity contribution in [3.63, 3.8) is 0 Å². The maximum absolute atomic E-state index is 13.7. The summed E-state index contributed by atoms with van der Waals surface area (Å²) in [4.78, 5) is 23.2. The number of Topliss-reactive ketones (excluding diaryl/α,β-unsaturated/α-hetero) is 1. The third-order valence-electron chi connectivity index (χ3n) is 3.71. The van der Waals surface area contributed by atoms with Gasteiger partial charge in [0.15, 0.2) is 11.5 Å². The molecule has 0 radical (unpaired) electrons. The summed E-state index contributed by atoms with van der Waals surface area (Å²) in [5, 5.41) is 6.22. The molecular formula is C19H14ClF2N3O3. The summed E-state index contributed by atoms with van der Waals surface area (Å²) in [5.74, 6) is -1.49. The molecule has 0 aliphatic rings. The Kier molecular flexibility index (Phi) is 5.70. The number of benzene rings is 1. The first-order chi connectivity index (χ1) is 13.3. The number of hydrogen-bond donors (Lipinski definition) is 1. The van der Waals surface area contributed by atoms with Crippen LogP contribution in [-0.4, -0.2) is 21.5 Å². The fraction of sp³-hybridized carbons (Fsp3) is 0.105. The summed E-state index contributed by atoms with van der Waals surface area (Å²) in [6, 6.07) is 5.07. The highest BCUT2D eigenvalue weighted by Crippen LogP contribution is 2.24. The maximum atomic E-state index is 13.7. The van der Waals surface area contributed by atoms with Crippen molar-refractivity contribution in [3.05, 3.63) is 76.5 Å². The average Bonchev–Trinajstić information content (AvgIpc) is 3.28. The van der Waals surface area contributed by atoms with Gasteiger partial charge in [-0.3, -0.25) is 14.3 Å². The highest BCUT2D eigenvalue weighted by molar-refractivity contribution is 6.32. The van der Waals surface area contributed by atoms with Crippen molar-refractivity contribution in [1.29, 1.82) is 0 Å². The number of nitrogens with one attached hydrogen (secondary N) is 1. The van der Waals surface area contributed by atoms with E-state index >= 15 is 0 Å². The third-order valence-corrected chi connectivity index (χ3v) is 4.09. The van der Waals surface area contributed by atoms with Gasteiger partial charge in [0.2, 0.25) is 5.91 Å². The third kappa shape index (κ3) is 4.52. The monoisotopic (exact) mass is 405 g/mol. The lowest BCUT2D eigenvalue weighted by molar-refractivity contribution is -0.111. The lowest BCUT2D eigenvalue weighted by atomic mass is 10.2. The molecule has 9 heteroatoms. The minimum Gasteiger partial charge on any atom is -0.456 e. The molecular weight excluding hydrogens is 392 g/mol.